The molecule has 0 fully saturated rings. The smallest absolute Gasteiger partial charge is 0.224 e. The Morgan fingerprint density at radius 3 is 2.63 bits per heavy atom. The van der Waals surface area contributed by atoms with Gasteiger partial charge in [0.2, 0.25) is 11.8 Å². The number of nitrogens with zero attached hydrogens (tertiary/aromatic N) is 1. The van der Waals surface area contributed by atoms with E-state index < -0.39 is 0 Å². The Balaban J connectivity index is 1.44. The van der Waals surface area contributed by atoms with Crippen LogP contribution in [-0.2, 0) is 22.4 Å². The quantitative estimate of drug-likeness (QED) is 0.661. The molecule has 2 aromatic carbocycles. The first-order valence-corrected chi connectivity index (χ1v) is 10.6. The van der Waals surface area contributed by atoms with Gasteiger partial charge in [-0.05, 0) is 56.1 Å². The maximum Gasteiger partial charge on any atom is 0.224 e. The van der Waals surface area contributed by atoms with Crippen LogP contribution in [-0.4, -0.2) is 43.5 Å². The Morgan fingerprint density at radius 1 is 1.13 bits per heavy atom. The fraction of sp³-hybridized carbons (Fsp3) is 0.417. The van der Waals surface area contributed by atoms with Crippen molar-refractivity contribution in [2.75, 3.05) is 37.4 Å². The number of nitrogens with one attached hydrogen (secondary N) is 2. The van der Waals surface area contributed by atoms with E-state index in [1.54, 1.807) is 0 Å². The molecule has 0 spiro atoms. The molecular formula is C24H31N3O3. The van der Waals surface area contributed by atoms with Gasteiger partial charge in [0.25, 0.3) is 0 Å². The second-order valence-corrected chi connectivity index (χ2v) is 7.78. The first kappa shape index (κ1) is 21.8. The summed E-state index contributed by atoms with van der Waals surface area (Å²) < 4.78 is 6.05. The van der Waals surface area contributed by atoms with Gasteiger partial charge in [0.1, 0.15) is 12.4 Å². The molecule has 6 nitrogen and oxygen atoms in total. The zero-order valence-corrected chi connectivity index (χ0v) is 18.1. The van der Waals surface area contributed by atoms with Gasteiger partial charge in [-0.25, -0.2) is 0 Å². The van der Waals surface area contributed by atoms with Crippen LogP contribution >= 0.6 is 0 Å². The number of carbonyl (C=O) groups is 2. The van der Waals surface area contributed by atoms with Gasteiger partial charge in [-0.15, -0.1) is 0 Å². The fourth-order valence-electron chi connectivity index (χ4n) is 3.49. The molecule has 0 bridgehead atoms. The first-order chi connectivity index (χ1) is 14.5. The fourth-order valence-corrected chi connectivity index (χ4v) is 3.49. The zero-order valence-electron chi connectivity index (χ0n) is 18.1. The number of ether oxygens (including phenoxy) is 1. The molecule has 3 rings (SSSR count). The number of likely N-dealkylation sites (N-methyl/N-ethyl adjacent to an activating group) is 1. The lowest BCUT2D eigenvalue weighted by atomic mass is 9.98. The highest BCUT2D eigenvalue weighted by molar-refractivity contribution is 5.95. The van der Waals surface area contributed by atoms with Gasteiger partial charge in [-0.1, -0.05) is 25.1 Å². The second kappa shape index (κ2) is 10.3. The summed E-state index contributed by atoms with van der Waals surface area (Å²) in [5.41, 5.74) is 5.16. The number of benzene rings is 2. The van der Waals surface area contributed by atoms with Crippen molar-refractivity contribution < 1.29 is 14.3 Å². The Kier molecular flexibility index (Phi) is 7.46. The minimum Gasteiger partial charge on any atom is -0.492 e. The molecule has 6 heteroatoms. The minimum atomic E-state index is 0.0275. The van der Waals surface area contributed by atoms with Crippen molar-refractivity contribution >= 4 is 23.2 Å². The third-order valence-electron chi connectivity index (χ3n) is 5.42. The van der Waals surface area contributed by atoms with Crippen LogP contribution in [0.25, 0.3) is 0 Å². The second-order valence-electron chi connectivity index (χ2n) is 7.78. The first-order valence-electron chi connectivity index (χ1n) is 10.6. The molecule has 2 amide bonds. The zero-order chi connectivity index (χ0) is 21.5. The maximum atomic E-state index is 11.7. The lowest BCUT2D eigenvalue weighted by Crippen LogP contribution is -2.27. The number of carbonyl (C=O) groups excluding carboxylic acids is 2. The third-order valence-corrected chi connectivity index (χ3v) is 5.42. The summed E-state index contributed by atoms with van der Waals surface area (Å²) in [6.07, 6.45) is 2.65. The summed E-state index contributed by atoms with van der Waals surface area (Å²) in [6.45, 7) is 6.19. The molecule has 1 heterocycles. The van der Waals surface area contributed by atoms with Crippen LogP contribution in [0, 0.1) is 6.92 Å². The van der Waals surface area contributed by atoms with Gasteiger partial charge in [0.15, 0.2) is 0 Å². The van der Waals surface area contributed by atoms with E-state index in [0.29, 0.717) is 19.4 Å². The highest BCUT2D eigenvalue weighted by Gasteiger charge is 2.20. The molecule has 160 valence electrons. The predicted molar refractivity (Wildman–Crippen MR) is 120 cm³/mol. The number of aryl methyl sites for hydroxylation is 1. The van der Waals surface area contributed by atoms with Crippen LogP contribution in [0.2, 0.25) is 0 Å². The molecule has 0 radical (unpaired) electrons. The summed E-state index contributed by atoms with van der Waals surface area (Å²) in [6, 6.07) is 12.0. The number of hydrogen-bond donors (Lipinski definition) is 2. The van der Waals surface area contributed by atoms with E-state index in [4.69, 9.17) is 4.74 Å². The number of rotatable bonds is 9. The van der Waals surface area contributed by atoms with Crippen LogP contribution in [0.4, 0.5) is 11.4 Å². The van der Waals surface area contributed by atoms with Crippen LogP contribution in [0.1, 0.15) is 36.5 Å². The van der Waals surface area contributed by atoms with Crippen molar-refractivity contribution in [3.8, 4) is 5.75 Å². The van der Waals surface area contributed by atoms with E-state index in [1.165, 1.54) is 5.56 Å². The Bertz CT molecular complexity index is 893. The number of hydrogen-bond acceptors (Lipinski definition) is 4. The van der Waals surface area contributed by atoms with Crippen molar-refractivity contribution in [3.05, 3.63) is 53.1 Å². The van der Waals surface area contributed by atoms with Crippen molar-refractivity contribution in [1.29, 1.82) is 0 Å². The summed E-state index contributed by atoms with van der Waals surface area (Å²) >= 11 is 0. The molecule has 30 heavy (non-hydrogen) atoms. The molecule has 1 aliphatic heterocycles. The molecule has 2 aromatic rings. The van der Waals surface area contributed by atoms with E-state index in [2.05, 4.69) is 34.7 Å². The molecule has 0 saturated carbocycles. The van der Waals surface area contributed by atoms with Gasteiger partial charge < -0.3 is 20.3 Å². The Hall–Kier alpha value is -2.86. The summed E-state index contributed by atoms with van der Waals surface area (Å²) in [7, 11) is 2.09. The number of amides is 2. The highest BCUT2D eigenvalue weighted by Crippen LogP contribution is 2.34. The van der Waals surface area contributed by atoms with Gasteiger partial charge >= 0.3 is 0 Å². The lowest BCUT2D eigenvalue weighted by molar-refractivity contribution is -0.117. The monoisotopic (exact) mass is 409 g/mol. The minimum absolute atomic E-state index is 0.0275. The third kappa shape index (κ3) is 5.83. The van der Waals surface area contributed by atoms with E-state index in [0.717, 1.165) is 54.2 Å². The topological polar surface area (TPSA) is 70.7 Å². The van der Waals surface area contributed by atoms with Crippen molar-refractivity contribution in [1.82, 2.24) is 4.90 Å². The SMILES string of the molecule is CCC(=O)Nc1ccc(CCN(C)CCOc2ccc(C)c3c2CCC(=O)N3)cc1. The molecule has 0 unspecified atom stereocenters. The lowest BCUT2D eigenvalue weighted by Gasteiger charge is -2.23. The molecular weight excluding hydrogens is 378 g/mol. The molecule has 0 aromatic heterocycles. The molecule has 1 aliphatic rings. The van der Waals surface area contributed by atoms with Crippen LogP contribution in [0.3, 0.4) is 0 Å². The molecule has 2 N–H and O–H groups in total. The number of anilines is 2. The maximum absolute atomic E-state index is 11.7. The summed E-state index contributed by atoms with van der Waals surface area (Å²) in [4.78, 5) is 25.4. The molecule has 0 saturated heterocycles. The molecule has 0 aliphatic carbocycles. The van der Waals surface area contributed by atoms with Crippen LogP contribution in [0.15, 0.2) is 36.4 Å². The normalized spacial score (nSPS) is 13.0. The van der Waals surface area contributed by atoms with Crippen molar-refractivity contribution in [3.63, 3.8) is 0 Å². The van der Waals surface area contributed by atoms with Crippen LogP contribution in [0.5, 0.6) is 5.75 Å². The Morgan fingerprint density at radius 2 is 1.90 bits per heavy atom. The van der Waals surface area contributed by atoms with E-state index in [-0.39, 0.29) is 11.8 Å². The highest BCUT2D eigenvalue weighted by atomic mass is 16.5. The number of fused-ring (bicyclic) bond motifs is 1. The van der Waals surface area contributed by atoms with Crippen LogP contribution < -0.4 is 15.4 Å². The summed E-state index contributed by atoms with van der Waals surface area (Å²) in [5.74, 6) is 0.969. The van der Waals surface area contributed by atoms with Crippen molar-refractivity contribution in [2.24, 2.45) is 0 Å². The van der Waals surface area contributed by atoms with E-state index in [9.17, 15) is 9.59 Å². The van der Waals surface area contributed by atoms with Crippen molar-refractivity contribution in [2.45, 2.75) is 39.5 Å². The van der Waals surface area contributed by atoms with E-state index in [1.807, 2.05) is 38.1 Å². The average molecular weight is 410 g/mol. The molecule has 0 atom stereocenters. The van der Waals surface area contributed by atoms with Gasteiger partial charge in [0.05, 0.1) is 5.69 Å². The summed E-state index contributed by atoms with van der Waals surface area (Å²) in [5, 5.41) is 5.84. The average Bonchev–Trinajstić information content (AvgIpc) is 2.75. The van der Waals surface area contributed by atoms with Gasteiger partial charge in [0, 0.05) is 37.2 Å². The largest absolute Gasteiger partial charge is 0.492 e. The van der Waals surface area contributed by atoms with E-state index >= 15 is 0 Å². The van der Waals surface area contributed by atoms with Gasteiger partial charge in [-0.2, -0.15) is 0 Å². The predicted octanol–water partition coefficient (Wildman–Crippen LogP) is 3.78. The standard InChI is InChI=1S/C24H31N3O3/c1-4-22(28)25-19-8-6-18(7-9-19)13-14-27(3)15-16-30-21-11-5-17(2)24-20(21)10-12-23(29)26-24/h5-9,11H,4,10,12-16H2,1-3H3,(H,25,28)(H,26,29). The Labute approximate surface area is 178 Å². The van der Waals surface area contributed by atoms with Gasteiger partial charge in [-0.3, -0.25) is 9.59 Å².